The van der Waals surface area contributed by atoms with E-state index in [0.29, 0.717) is 24.1 Å². The Labute approximate surface area is 204 Å². The number of rotatable bonds is 12. The molecule has 34 heavy (non-hydrogen) atoms. The number of aromatic nitrogens is 3. The van der Waals surface area contributed by atoms with E-state index in [4.69, 9.17) is 9.47 Å². The average molecular weight is 487 g/mol. The second kappa shape index (κ2) is 12.5. The van der Waals surface area contributed by atoms with Crippen LogP contribution in [0.3, 0.4) is 0 Å². The van der Waals surface area contributed by atoms with Crippen LogP contribution in [0.25, 0.3) is 0 Å². The van der Waals surface area contributed by atoms with Gasteiger partial charge in [0.1, 0.15) is 6.61 Å². The van der Waals surface area contributed by atoms with Crippen LogP contribution in [0.15, 0.2) is 59.8 Å². The van der Waals surface area contributed by atoms with E-state index in [2.05, 4.69) is 10.2 Å². The number of thioether (sulfide) groups is 1. The molecular formula is C25H31FN4O3S. The van der Waals surface area contributed by atoms with Crippen molar-refractivity contribution in [1.82, 2.24) is 19.7 Å². The van der Waals surface area contributed by atoms with Gasteiger partial charge < -0.3 is 14.4 Å². The molecule has 0 aliphatic rings. The smallest absolute Gasteiger partial charge is 0.233 e. The lowest BCUT2D eigenvalue weighted by atomic mass is 10.2. The number of ether oxygens (including phenoxy) is 2. The predicted molar refractivity (Wildman–Crippen MR) is 130 cm³/mol. The van der Waals surface area contributed by atoms with Crippen molar-refractivity contribution in [3.05, 3.63) is 71.8 Å². The minimum absolute atomic E-state index is 0.0157. The quantitative estimate of drug-likeness (QED) is 0.345. The number of benzene rings is 2. The Balaban J connectivity index is 1.72. The first-order chi connectivity index (χ1) is 16.4. The minimum Gasteiger partial charge on any atom is -0.483 e. The molecule has 1 heterocycles. The molecule has 0 N–H and O–H groups in total. The fraction of sp³-hybridized carbons (Fsp3) is 0.400. The molecule has 0 spiro atoms. The highest BCUT2D eigenvalue weighted by Crippen LogP contribution is 2.25. The summed E-state index contributed by atoms with van der Waals surface area (Å²) in [6.07, 6.45) is 0. The van der Waals surface area contributed by atoms with Crippen LogP contribution >= 0.6 is 11.8 Å². The normalized spacial score (nSPS) is 12.1. The van der Waals surface area contributed by atoms with E-state index in [0.717, 1.165) is 5.56 Å². The van der Waals surface area contributed by atoms with Gasteiger partial charge >= 0.3 is 0 Å². The maximum absolute atomic E-state index is 14.0. The Morgan fingerprint density at radius 2 is 1.79 bits per heavy atom. The number of methoxy groups -OCH3 is 1. The van der Waals surface area contributed by atoms with Crippen LogP contribution < -0.4 is 4.74 Å². The Bertz CT molecular complexity index is 1060. The van der Waals surface area contributed by atoms with Gasteiger partial charge in [0.15, 0.2) is 22.5 Å². The van der Waals surface area contributed by atoms with Gasteiger partial charge in [-0.1, -0.05) is 54.2 Å². The zero-order valence-electron chi connectivity index (χ0n) is 20.0. The van der Waals surface area contributed by atoms with E-state index in [-0.39, 0.29) is 36.1 Å². The van der Waals surface area contributed by atoms with Crippen LogP contribution in [0.5, 0.6) is 5.75 Å². The van der Waals surface area contributed by atoms with Crippen molar-refractivity contribution in [2.24, 2.45) is 0 Å². The summed E-state index contributed by atoms with van der Waals surface area (Å²) in [5.74, 6) is 0.478. The van der Waals surface area contributed by atoms with Crippen LogP contribution in [0.1, 0.15) is 38.2 Å². The molecule has 0 radical (unpaired) electrons. The van der Waals surface area contributed by atoms with Gasteiger partial charge in [-0.3, -0.25) is 9.36 Å². The molecular weight excluding hydrogens is 455 g/mol. The lowest BCUT2D eigenvalue weighted by Crippen LogP contribution is -2.37. The first-order valence-electron chi connectivity index (χ1n) is 11.2. The summed E-state index contributed by atoms with van der Waals surface area (Å²) in [6, 6.07) is 16.1. The van der Waals surface area contributed by atoms with Gasteiger partial charge in [0.2, 0.25) is 5.91 Å². The molecule has 0 bridgehead atoms. The van der Waals surface area contributed by atoms with Crippen LogP contribution in [-0.4, -0.2) is 51.1 Å². The molecule has 9 heteroatoms. The number of halogens is 1. The average Bonchev–Trinajstić information content (AvgIpc) is 3.24. The molecule has 0 aliphatic heterocycles. The summed E-state index contributed by atoms with van der Waals surface area (Å²) in [4.78, 5) is 14.9. The second-order valence-electron chi connectivity index (χ2n) is 8.18. The van der Waals surface area contributed by atoms with Crippen LogP contribution in [0.2, 0.25) is 0 Å². The predicted octanol–water partition coefficient (Wildman–Crippen LogP) is 4.73. The van der Waals surface area contributed by atoms with Crippen molar-refractivity contribution in [2.45, 2.75) is 51.2 Å². The first-order valence-corrected chi connectivity index (χ1v) is 12.2. The van der Waals surface area contributed by atoms with Gasteiger partial charge in [-0.15, -0.1) is 10.2 Å². The van der Waals surface area contributed by atoms with Gasteiger partial charge in [0.05, 0.1) is 18.4 Å². The van der Waals surface area contributed by atoms with Crippen molar-refractivity contribution in [1.29, 1.82) is 0 Å². The zero-order valence-corrected chi connectivity index (χ0v) is 20.8. The van der Waals surface area contributed by atoms with E-state index < -0.39 is 5.82 Å². The molecule has 3 rings (SSSR count). The van der Waals surface area contributed by atoms with Crippen molar-refractivity contribution in [3.8, 4) is 5.75 Å². The zero-order chi connectivity index (χ0) is 24.5. The summed E-state index contributed by atoms with van der Waals surface area (Å²) >= 11 is 1.32. The van der Waals surface area contributed by atoms with E-state index in [1.807, 2.05) is 60.6 Å². The first kappa shape index (κ1) is 25.7. The third-order valence-corrected chi connectivity index (χ3v) is 6.17. The fourth-order valence-electron chi connectivity index (χ4n) is 3.51. The van der Waals surface area contributed by atoms with Crippen LogP contribution in [-0.2, 0) is 22.7 Å². The van der Waals surface area contributed by atoms with Crippen LogP contribution in [0.4, 0.5) is 4.39 Å². The Hall–Kier alpha value is -2.91. The largest absolute Gasteiger partial charge is 0.483 e. The van der Waals surface area contributed by atoms with Crippen molar-refractivity contribution >= 4 is 17.7 Å². The Morgan fingerprint density at radius 3 is 2.47 bits per heavy atom. The van der Waals surface area contributed by atoms with Crippen LogP contribution in [0, 0.1) is 5.82 Å². The molecule has 0 saturated carbocycles. The third kappa shape index (κ3) is 6.80. The van der Waals surface area contributed by atoms with E-state index in [1.54, 1.807) is 25.3 Å². The number of para-hydroxylation sites is 1. The second-order valence-corrected chi connectivity index (χ2v) is 9.12. The highest BCUT2D eigenvalue weighted by molar-refractivity contribution is 7.99. The third-order valence-electron chi connectivity index (χ3n) is 5.24. The topological polar surface area (TPSA) is 69.5 Å². The molecule has 0 aliphatic carbocycles. The highest BCUT2D eigenvalue weighted by atomic mass is 32.2. The molecule has 1 amide bonds. The standard InChI is InChI=1S/C25H31FN4O3S/c1-18(2)29(14-20-10-6-5-7-11-20)24(31)17-34-25-28-27-23(30(25)19(3)15-32-4)16-33-22-13-9-8-12-21(22)26/h5-13,18-19H,14-17H2,1-4H3/t19-/m0/s1. The molecule has 182 valence electrons. The van der Waals surface area contributed by atoms with Crippen molar-refractivity contribution in [3.63, 3.8) is 0 Å². The van der Waals surface area contributed by atoms with Gasteiger partial charge in [-0.25, -0.2) is 4.39 Å². The molecule has 7 nitrogen and oxygen atoms in total. The van der Waals surface area contributed by atoms with Crippen molar-refractivity contribution in [2.75, 3.05) is 19.5 Å². The molecule has 3 aromatic rings. The molecule has 1 aromatic heterocycles. The maximum atomic E-state index is 14.0. The highest BCUT2D eigenvalue weighted by Gasteiger charge is 2.22. The number of carbonyl (C=O) groups is 1. The summed E-state index contributed by atoms with van der Waals surface area (Å²) in [7, 11) is 1.62. The Morgan fingerprint density at radius 1 is 1.09 bits per heavy atom. The lowest BCUT2D eigenvalue weighted by molar-refractivity contribution is -0.130. The number of carbonyl (C=O) groups excluding carboxylic acids is 1. The van der Waals surface area contributed by atoms with E-state index in [9.17, 15) is 9.18 Å². The summed E-state index contributed by atoms with van der Waals surface area (Å²) in [6.45, 7) is 7.01. The monoisotopic (exact) mass is 486 g/mol. The maximum Gasteiger partial charge on any atom is 0.233 e. The van der Waals surface area contributed by atoms with Gasteiger partial charge in [0, 0.05) is 19.7 Å². The number of amides is 1. The molecule has 2 aromatic carbocycles. The fourth-order valence-corrected chi connectivity index (χ4v) is 4.46. The Kier molecular flexibility index (Phi) is 9.47. The molecule has 0 saturated heterocycles. The van der Waals surface area contributed by atoms with Gasteiger partial charge in [-0.05, 0) is 38.5 Å². The molecule has 0 unspecified atom stereocenters. The van der Waals surface area contributed by atoms with Gasteiger partial charge in [0.25, 0.3) is 0 Å². The lowest BCUT2D eigenvalue weighted by Gasteiger charge is -2.27. The van der Waals surface area contributed by atoms with E-state index in [1.165, 1.54) is 17.8 Å². The molecule has 0 fully saturated rings. The minimum atomic E-state index is -0.439. The SMILES string of the molecule is COC[C@H](C)n1c(COc2ccccc2F)nnc1SCC(=O)N(Cc1ccccc1)C(C)C. The number of hydrogen-bond donors (Lipinski definition) is 0. The number of hydrogen-bond acceptors (Lipinski definition) is 6. The summed E-state index contributed by atoms with van der Waals surface area (Å²) in [5.41, 5.74) is 1.08. The summed E-state index contributed by atoms with van der Waals surface area (Å²) < 4.78 is 26.8. The van der Waals surface area contributed by atoms with Gasteiger partial charge in [-0.2, -0.15) is 0 Å². The summed E-state index contributed by atoms with van der Waals surface area (Å²) in [5, 5.41) is 9.14. The van der Waals surface area contributed by atoms with E-state index >= 15 is 0 Å². The van der Waals surface area contributed by atoms with Crippen molar-refractivity contribution < 1.29 is 18.7 Å². The molecule has 1 atom stereocenters. The number of nitrogens with zero attached hydrogens (tertiary/aromatic N) is 4.